The first-order valence-electron chi connectivity index (χ1n) is 6.06. The third-order valence-electron chi connectivity index (χ3n) is 3.23. The summed E-state index contributed by atoms with van der Waals surface area (Å²) >= 11 is 0. The van der Waals surface area contributed by atoms with E-state index in [1.54, 1.807) is 11.5 Å². The minimum atomic E-state index is -0.508. The van der Waals surface area contributed by atoms with Gasteiger partial charge in [-0.25, -0.2) is 4.79 Å². The summed E-state index contributed by atoms with van der Waals surface area (Å²) in [5, 5.41) is 9.48. The van der Waals surface area contributed by atoms with Gasteiger partial charge in [0.15, 0.2) is 0 Å². The topological polar surface area (TPSA) is 47.2 Å². The van der Waals surface area contributed by atoms with Gasteiger partial charge in [-0.3, -0.25) is 9.13 Å². The molecule has 17 heavy (non-hydrogen) atoms. The van der Waals surface area contributed by atoms with Crippen LogP contribution in [0.15, 0.2) is 29.1 Å². The molecule has 1 aliphatic carbocycles. The number of aliphatic hydroxyl groups is 1. The number of fused-ring (bicyclic) bond motifs is 1. The van der Waals surface area contributed by atoms with Crippen LogP contribution in [0.25, 0.3) is 11.0 Å². The highest BCUT2D eigenvalue weighted by molar-refractivity contribution is 5.76. The molecule has 1 atom stereocenters. The van der Waals surface area contributed by atoms with Crippen LogP contribution < -0.4 is 5.69 Å². The molecule has 1 aliphatic rings. The summed E-state index contributed by atoms with van der Waals surface area (Å²) in [6.07, 6.45) is 1.66. The van der Waals surface area contributed by atoms with E-state index in [4.69, 9.17) is 0 Å². The Balaban J connectivity index is 2.26. The van der Waals surface area contributed by atoms with Gasteiger partial charge in [0.05, 0.1) is 23.7 Å². The normalized spacial score (nSPS) is 17.5. The molecule has 0 bridgehead atoms. The molecule has 1 unspecified atom stereocenters. The number of imidazole rings is 1. The number of benzene rings is 1. The number of rotatable bonds is 3. The third kappa shape index (κ3) is 1.69. The Labute approximate surface area is 99.1 Å². The van der Waals surface area contributed by atoms with E-state index in [-0.39, 0.29) is 5.69 Å². The Hall–Kier alpha value is -1.55. The third-order valence-corrected chi connectivity index (χ3v) is 3.23. The van der Waals surface area contributed by atoms with E-state index < -0.39 is 6.10 Å². The highest BCUT2D eigenvalue weighted by atomic mass is 16.3. The zero-order valence-electron chi connectivity index (χ0n) is 9.84. The molecule has 0 aliphatic heterocycles. The van der Waals surface area contributed by atoms with Crippen LogP contribution in [0.3, 0.4) is 0 Å². The molecule has 4 nitrogen and oxygen atoms in total. The van der Waals surface area contributed by atoms with Crippen LogP contribution in [-0.2, 0) is 6.54 Å². The first kappa shape index (κ1) is 10.6. The molecular formula is C13H16N2O2. The summed E-state index contributed by atoms with van der Waals surface area (Å²) in [6, 6.07) is 8.17. The van der Waals surface area contributed by atoms with Crippen LogP contribution in [0.4, 0.5) is 0 Å². The number of hydrogen-bond acceptors (Lipinski definition) is 2. The van der Waals surface area contributed by atoms with E-state index in [0.717, 1.165) is 23.9 Å². The fourth-order valence-corrected chi connectivity index (χ4v) is 2.36. The van der Waals surface area contributed by atoms with Crippen molar-refractivity contribution in [2.24, 2.45) is 0 Å². The molecule has 0 saturated heterocycles. The van der Waals surface area contributed by atoms with E-state index >= 15 is 0 Å². The molecule has 0 radical (unpaired) electrons. The molecular weight excluding hydrogens is 216 g/mol. The van der Waals surface area contributed by atoms with E-state index in [1.807, 2.05) is 28.8 Å². The molecule has 2 aromatic rings. The Morgan fingerprint density at radius 1 is 1.35 bits per heavy atom. The van der Waals surface area contributed by atoms with E-state index in [0.29, 0.717) is 12.6 Å². The molecule has 0 amide bonds. The van der Waals surface area contributed by atoms with Crippen LogP contribution >= 0.6 is 0 Å². The zero-order valence-corrected chi connectivity index (χ0v) is 9.84. The molecule has 90 valence electrons. The van der Waals surface area contributed by atoms with Gasteiger partial charge >= 0.3 is 5.69 Å². The first-order valence-corrected chi connectivity index (χ1v) is 6.06. The number of hydrogen-bond donors (Lipinski definition) is 1. The van der Waals surface area contributed by atoms with Gasteiger partial charge < -0.3 is 5.11 Å². The van der Waals surface area contributed by atoms with Crippen molar-refractivity contribution < 1.29 is 5.11 Å². The maximum Gasteiger partial charge on any atom is 0.329 e. The standard InChI is InChI=1S/C13H16N2O2/c1-9(16)8-14-11-4-2-3-5-12(11)15(13(14)17)10-6-7-10/h2-5,9-10,16H,6-8H2,1H3. The molecule has 1 aromatic carbocycles. The van der Waals surface area contributed by atoms with Gasteiger partial charge in [-0.1, -0.05) is 12.1 Å². The zero-order chi connectivity index (χ0) is 12.0. The fraction of sp³-hybridized carbons (Fsp3) is 0.462. The van der Waals surface area contributed by atoms with Crippen molar-refractivity contribution in [3.8, 4) is 0 Å². The number of aliphatic hydroxyl groups excluding tert-OH is 1. The second kappa shape index (κ2) is 3.74. The molecule has 1 saturated carbocycles. The lowest BCUT2D eigenvalue weighted by Crippen LogP contribution is -2.27. The molecule has 0 spiro atoms. The Kier molecular flexibility index (Phi) is 2.33. The van der Waals surface area contributed by atoms with Crippen molar-refractivity contribution in [3.63, 3.8) is 0 Å². The van der Waals surface area contributed by atoms with Gasteiger partial charge in [0.25, 0.3) is 0 Å². The van der Waals surface area contributed by atoms with Crippen LogP contribution in [-0.4, -0.2) is 20.3 Å². The Morgan fingerprint density at radius 2 is 2.00 bits per heavy atom. The van der Waals surface area contributed by atoms with Crippen LogP contribution in [0.5, 0.6) is 0 Å². The van der Waals surface area contributed by atoms with Crippen molar-refractivity contribution in [2.45, 2.75) is 38.5 Å². The predicted octanol–water partition coefficient (Wildman–Crippen LogP) is 1.52. The second-order valence-electron chi connectivity index (χ2n) is 4.83. The van der Waals surface area contributed by atoms with Crippen molar-refractivity contribution >= 4 is 11.0 Å². The van der Waals surface area contributed by atoms with E-state index in [1.165, 1.54) is 0 Å². The summed E-state index contributed by atoms with van der Waals surface area (Å²) in [4.78, 5) is 12.3. The van der Waals surface area contributed by atoms with Crippen molar-refractivity contribution in [2.75, 3.05) is 0 Å². The van der Waals surface area contributed by atoms with Crippen LogP contribution in [0, 0.1) is 0 Å². The summed E-state index contributed by atoms with van der Waals surface area (Å²) < 4.78 is 3.55. The van der Waals surface area contributed by atoms with Crippen LogP contribution in [0.1, 0.15) is 25.8 Å². The highest BCUT2D eigenvalue weighted by Gasteiger charge is 2.28. The van der Waals surface area contributed by atoms with E-state index in [9.17, 15) is 9.90 Å². The van der Waals surface area contributed by atoms with Crippen molar-refractivity contribution in [1.82, 2.24) is 9.13 Å². The molecule has 3 rings (SSSR count). The van der Waals surface area contributed by atoms with Crippen molar-refractivity contribution in [3.05, 3.63) is 34.7 Å². The summed E-state index contributed by atoms with van der Waals surface area (Å²) in [6.45, 7) is 2.06. The van der Waals surface area contributed by atoms with E-state index in [2.05, 4.69) is 0 Å². The quantitative estimate of drug-likeness (QED) is 0.872. The largest absolute Gasteiger partial charge is 0.392 e. The first-order chi connectivity index (χ1) is 8.18. The maximum atomic E-state index is 12.3. The molecule has 1 heterocycles. The molecule has 1 aromatic heterocycles. The Morgan fingerprint density at radius 3 is 2.59 bits per heavy atom. The second-order valence-corrected chi connectivity index (χ2v) is 4.83. The summed E-state index contributed by atoms with van der Waals surface area (Å²) in [5.74, 6) is 0. The average molecular weight is 232 g/mol. The van der Waals surface area contributed by atoms with Gasteiger partial charge in [0.1, 0.15) is 0 Å². The highest BCUT2D eigenvalue weighted by Crippen LogP contribution is 2.36. The fourth-order valence-electron chi connectivity index (χ4n) is 2.36. The smallest absolute Gasteiger partial charge is 0.329 e. The number of para-hydroxylation sites is 2. The van der Waals surface area contributed by atoms with Gasteiger partial charge in [0.2, 0.25) is 0 Å². The average Bonchev–Trinajstić information content (AvgIpc) is 3.08. The minimum Gasteiger partial charge on any atom is -0.392 e. The minimum absolute atomic E-state index is 0.00889. The molecule has 4 heteroatoms. The predicted molar refractivity (Wildman–Crippen MR) is 66.1 cm³/mol. The van der Waals surface area contributed by atoms with Gasteiger partial charge in [-0.2, -0.15) is 0 Å². The number of aromatic nitrogens is 2. The molecule has 1 fully saturated rings. The van der Waals surface area contributed by atoms with Gasteiger partial charge in [-0.15, -0.1) is 0 Å². The SMILES string of the molecule is CC(O)Cn1c(=O)n(C2CC2)c2ccccc21. The molecule has 1 N–H and O–H groups in total. The van der Waals surface area contributed by atoms with Crippen LogP contribution in [0.2, 0.25) is 0 Å². The lowest BCUT2D eigenvalue weighted by molar-refractivity contribution is 0.173. The summed E-state index contributed by atoms with van der Waals surface area (Å²) in [5.41, 5.74) is 1.92. The number of nitrogens with zero attached hydrogens (tertiary/aromatic N) is 2. The van der Waals surface area contributed by atoms with Gasteiger partial charge in [0, 0.05) is 6.04 Å². The summed E-state index contributed by atoms with van der Waals surface area (Å²) in [7, 11) is 0. The monoisotopic (exact) mass is 232 g/mol. The lowest BCUT2D eigenvalue weighted by atomic mass is 10.3. The Bertz CT molecular complexity index is 605. The van der Waals surface area contributed by atoms with Gasteiger partial charge in [-0.05, 0) is 31.9 Å². The maximum absolute atomic E-state index is 12.3. The van der Waals surface area contributed by atoms with Crippen molar-refractivity contribution in [1.29, 1.82) is 0 Å². The lowest BCUT2D eigenvalue weighted by Gasteiger charge is -2.05.